The monoisotopic (exact) mass is 312 g/mol. The fourth-order valence-corrected chi connectivity index (χ4v) is 3.21. The van der Waals surface area contributed by atoms with E-state index in [0.29, 0.717) is 23.2 Å². The highest BCUT2D eigenvalue weighted by Gasteiger charge is 2.32. The first-order valence-corrected chi connectivity index (χ1v) is 7.98. The quantitative estimate of drug-likeness (QED) is 0.916. The fraction of sp³-hybridized carbons (Fsp3) is 0.316. The fourth-order valence-electron chi connectivity index (χ4n) is 3.21. The third-order valence-corrected chi connectivity index (χ3v) is 4.51. The van der Waals surface area contributed by atoms with Crippen LogP contribution < -0.4 is 10.6 Å². The maximum Gasteiger partial charge on any atom is 0.258 e. The summed E-state index contributed by atoms with van der Waals surface area (Å²) in [5.74, 6) is -0.395. The summed E-state index contributed by atoms with van der Waals surface area (Å²) in [6, 6.07) is 11.8. The Bertz CT molecular complexity index is 727. The third-order valence-electron chi connectivity index (χ3n) is 4.51. The molecule has 0 fully saturated rings. The van der Waals surface area contributed by atoms with Crippen molar-refractivity contribution in [2.45, 2.75) is 38.8 Å². The van der Waals surface area contributed by atoms with Gasteiger partial charge in [-0.05, 0) is 61.2 Å². The van der Waals surface area contributed by atoms with E-state index in [1.165, 1.54) is 17.7 Å². The predicted molar refractivity (Wildman–Crippen MR) is 90.0 cm³/mol. The van der Waals surface area contributed by atoms with Crippen molar-refractivity contribution in [1.29, 1.82) is 0 Å². The normalized spacial score (nSPS) is 20.3. The largest absolute Gasteiger partial charge is 0.324 e. The van der Waals surface area contributed by atoms with Crippen LogP contribution in [0.25, 0.3) is 0 Å². The van der Waals surface area contributed by atoms with Crippen LogP contribution in [0.15, 0.2) is 42.5 Å². The van der Waals surface area contributed by atoms with Crippen molar-refractivity contribution in [1.82, 2.24) is 0 Å². The van der Waals surface area contributed by atoms with E-state index in [9.17, 15) is 9.18 Å². The Morgan fingerprint density at radius 2 is 1.96 bits per heavy atom. The lowest BCUT2D eigenvalue weighted by Gasteiger charge is -2.38. The molecule has 2 aromatic rings. The van der Waals surface area contributed by atoms with Crippen LogP contribution in [-0.4, -0.2) is 11.9 Å². The van der Waals surface area contributed by atoms with Crippen LogP contribution in [0.2, 0.25) is 0 Å². The van der Waals surface area contributed by atoms with Gasteiger partial charge in [-0.2, -0.15) is 0 Å². The van der Waals surface area contributed by atoms with Crippen molar-refractivity contribution in [3.63, 3.8) is 0 Å². The maximum atomic E-state index is 13.5. The van der Waals surface area contributed by atoms with E-state index < -0.39 is 0 Å². The minimum absolute atomic E-state index is 0.0266. The van der Waals surface area contributed by atoms with Crippen molar-refractivity contribution < 1.29 is 9.18 Å². The molecule has 4 heteroatoms. The molecule has 0 spiro atoms. The summed E-state index contributed by atoms with van der Waals surface area (Å²) in [6.07, 6.45) is 1.56. The molecule has 0 aliphatic carbocycles. The van der Waals surface area contributed by atoms with Crippen molar-refractivity contribution >= 4 is 11.6 Å². The zero-order valence-electron chi connectivity index (χ0n) is 13.4. The van der Waals surface area contributed by atoms with Crippen molar-refractivity contribution in [3.8, 4) is 0 Å². The van der Waals surface area contributed by atoms with Gasteiger partial charge in [0.15, 0.2) is 0 Å². The lowest BCUT2D eigenvalue weighted by Crippen LogP contribution is -2.44. The van der Waals surface area contributed by atoms with Gasteiger partial charge in [0.05, 0.1) is 0 Å². The number of anilines is 1. The van der Waals surface area contributed by atoms with Crippen molar-refractivity contribution in [2.75, 3.05) is 4.90 Å². The molecule has 120 valence electrons. The average Bonchev–Trinajstić information content (AvgIpc) is 2.55. The number of halogens is 1. The molecular formula is C19H21FN2O. The lowest BCUT2D eigenvalue weighted by molar-refractivity contribution is 0.0973. The second-order valence-electron chi connectivity index (χ2n) is 6.12. The molecule has 0 aromatic heterocycles. The van der Waals surface area contributed by atoms with Gasteiger partial charge in [0.25, 0.3) is 5.91 Å². The number of nitrogens with two attached hydrogens (primary N) is 1. The smallest absolute Gasteiger partial charge is 0.258 e. The summed E-state index contributed by atoms with van der Waals surface area (Å²) in [7, 11) is 0. The van der Waals surface area contributed by atoms with Crippen LogP contribution in [-0.2, 0) is 6.42 Å². The molecule has 1 aliphatic rings. The van der Waals surface area contributed by atoms with E-state index in [1.54, 1.807) is 11.0 Å². The molecule has 0 bridgehead atoms. The molecule has 1 aliphatic heterocycles. The summed E-state index contributed by atoms with van der Waals surface area (Å²) < 4.78 is 13.5. The van der Waals surface area contributed by atoms with E-state index in [2.05, 4.69) is 6.92 Å². The van der Waals surface area contributed by atoms with Gasteiger partial charge in [-0.3, -0.25) is 4.79 Å². The molecule has 0 radical (unpaired) electrons. The SMILES string of the molecule is CCc1ccc(C(=O)N2c3ccc(F)cc3[C@@H](N)C[C@H]2C)cc1. The molecular weight excluding hydrogens is 291 g/mol. The van der Waals surface area contributed by atoms with E-state index in [0.717, 1.165) is 6.42 Å². The van der Waals surface area contributed by atoms with Gasteiger partial charge in [-0.1, -0.05) is 19.1 Å². The average molecular weight is 312 g/mol. The molecule has 2 atom stereocenters. The predicted octanol–water partition coefficient (Wildman–Crippen LogP) is 3.83. The maximum absolute atomic E-state index is 13.5. The molecule has 0 unspecified atom stereocenters. The second-order valence-corrected chi connectivity index (χ2v) is 6.12. The minimum Gasteiger partial charge on any atom is -0.324 e. The van der Waals surface area contributed by atoms with E-state index in [-0.39, 0.29) is 23.8 Å². The Morgan fingerprint density at radius 3 is 2.61 bits per heavy atom. The first kappa shape index (κ1) is 15.7. The number of carbonyl (C=O) groups excluding carboxylic acids is 1. The number of fused-ring (bicyclic) bond motifs is 1. The Labute approximate surface area is 135 Å². The summed E-state index contributed by atoms with van der Waals surface area (Å²) in [5, 5.41) is 0. The number of nitrogens with zero attached hydrogens (tertiary/aromatic N) is 1. The van der Waals surface area contributed by atoms with Gasteiger partial charge >= 0.3 is 0 Å². The highest BCUT2D eigenvalue weighted by molar-refractivity contribution is 6.07. The highest BCUT2D eigenvalue weighted by Crippen LogP contribution is 2.37. The Morgan fingerprint density at radius 1 is 1.26 bits per heavy atom. The van der Waals surface area contributed by atoms with E-state index in [1.807, 2.05) is 31.2 Å². The lowest BCUT2D eigenvalue weighted by atomic mass is 9.91. The van der Waals surface area contributed by atoms with Crippen molar-refractivity contribution in [2.24, 2.45) is 5.73 Å². The van der Waals surface area contributed by atoms with Crippen LogP contribution in [0.1, 0.15) is 47.8 Å². The molecule has 3 nitrogen and oxygen atoms in total. The number of benzene rings is 2. The Hall–Kier alpha value is -2.20. The molecule has 23 heavy (non-hydrogen) atoms. The van der Waals surface area contributed by atoms with Gasteiger partial charge in [0.1, 0.15) is 5.82 Å². The third kappa shape index (κ3) is 2.86. The van der Waals surface area contributed by atoms with Gasteiger partial charge in [0, 0.05) is 23.3 Å². The molecule has 0 saturated carbocycles. The van der Waals surface area contributed by atoms with Crippen LogP contribution in [0.4, 0.5) is 10.1 Å². The van der Waals surface area contributed by atoms with Crippen LogP contribution in [0.3, 0.4) is 0 Å². The van der Waals surface area contributed by atoms with Gasteiger partial charge in [-0.15, -0.1) is 0 Å². The molecule has 2 aromatic carbocycles. The first-order valence-electron chi connectivity index (χ1n) is 7.98. The number of hydrogen-bond donors (Lipinski definition) is 1. The summed E-state index contributed by atoms with van der Waals surface area (Å²) in [5.41, 5.74) is 9.38. The number of aryl methyl sites for hydroxylation is 1. The molecule has 1 heterocycles. The van der Waals surface area contributed by atoms with Crippen LogP contribution >= 0.6 is 0 Å². The first-order chi connectivity index (χ1) is 11.0. The Kier molecular flexibility index (Phi) is 4.18. The number of rotatable bonds is 2. The van der Waals surface area contributed by atoms with Gasteiger partial charge in [-0.25, -0.2) is 4.39 Å². The molecule has 3 rings (SSSR count). The Balaban J connectivity index is 2.00. The summed E-state index contributed by atoms with van der Waals surface area (Å²) in [4.78, 5) is 14.7. The number of hydrogen-bond acceptors (Lipinski definition) is 2. The summed E-state index contributed by atoms with van der Waals surface area (Å²) >= 11 is 0. The van der Waals surface area contributed by atoms with E-state index >= 15 is 0 Å². The molecule has 2 N–H and O–H groups in total. The van der Waals surface area contributed by atoms with Gasteiger partial charge < -0.3 is 10.6 Å². The van der Waals surface area contributed by atoms with Crippen LogP contribution in [0, 0.1) is 5.82 Å². The minimum atomic E-state index is -0.326. The van der Waals surface area contributed by atoms with Crippen LogP contribution in [0.5, 0.6) is 0 Å². The standard InChI is InChI=1S/C19H21FN2O/c1-3-13-4-6-14(7-5-13)19(23)22-12(2)10-17(21)16-11-15(20)8-9-18(16)22/h4-9,11-12,17H,3,10,21H2,1-2H3/t12-,17+/m1/s1. The second kappa shape index (κ2) is 6.13. The zero-order chi connectivity index (χ0) is 16.6. The van der Waals surface area contributed by atoms with Crippen molar-refractivity contribution in [3.05, 3.63) is 65.0 Å². The summed E-state index contributed by atoms with van der Waals surface area (Å²) in [6.45, 7) is 4.06. The van der Waals surface area contributed by atoms with Gasteiger partial charge in [0.2, 0.25) is 0 Å². The zero-order valence-corrected chi connectivity index (χ0v) is 13.4. The molecule has 1 amide bonds. The number of carbonyl (C=O) groups is 1. The number of amides is 1. The topological polar surface area (TPSA) is 46.3 Å². The van der Waals surface area contributed by atoms with E-state index in [4.69, 9.17) is 5.73 Å². The highest BCUT2D eigenvalue weighted by atomic mass is 19.1. The molecule has 0 saturated heterocycles.